The van der Waals surface area contributed by atoms with E-state index in [1.54, 1.807) is 12.1 Å². The minimum atomic E-state index is -0.556. The van der Waals surface area contributed by atoms with Crippen molar-refractivity contribution in [1.82, 2.24) is 14.7 Å². The summed E-state index contributed by atoms with van der Waals surface area (Å²) in [4.78, 5) is 29.0. The van der Waals surface area contributed by atoms with E-state index in [4.69, 9.17) is 15.0 Å². The number of carbonyl (C=O) groups is 2. The summed E-state index contributed by atoms with van der Waals surface area (Å²) in [5.41, 5.74) is 8.77. The van der Waals surface area contributed by atoms with Crippen LogP contribution in [0.25, 0.3) is 11.0 Å². The number of fused-ring (bicyclic) bond motifs is 1. The number of benzene rings is 1. The molecule has 0 radical (unpaired) electrons. The highest BCUT2D eigenvalue weighted by Gasteiger charge is 2.27. The van der Waals surface area contributed by atoms with Crippen LogP contribution in [-0.2, 0) is 19.4 Å². The molecule has 144 valence electrons. The monoisotopic (exact) mass is 381 g/mol. The number of aromatic nitrogens is 3. The van der Waals surface area contributed by atoms with Gasteiger partial charge in [-0.15, -0.1) is 0 Å². The SMILES string of the molecule is NC(=O)c1cc2c3c(c1)nc(NC(=O)c1onc4c1CCCC4)n3CCCO2. The molecule has 1 aliphatic heterocycles. The average molecular weight is 381 g/mol. The van der Waals surface area contributed by atoms with E-state index in [-0.39, 0.29) is 11.7 Å². The van der Waals surface area contributed by atoms with E-state index in [0.29, 0.717) is 35.9 Å². The van der Waals surface area contributed by atoms with E-state index in [0.717, 1.165) is 48.9 Å². The predicted octanol–water partition coefficient (Wildman–Crippen LogP) is 2.04. The smallest absolute Gasteiger partial charge is 0.296 e. The minimum absolute atomic E-state index is 0.248. The average Bonchev–Trinajstić information content (AvgIpc) is 3.18. The lowest BCUT2D eigenvalue weighted by Crippen LogP contribution is -2.17. The Morgan fingerprint density at radius 3 is 2.89 bits per heavy atom. The van der Waals surface area contributed by atoms with Gasteiger partial charge in [0.25, 0.3) is 5.91 Å². The van der Waals surface area contributed by atoms with Crippen LogP contribution in [0.5, 0.6) is 5.75 Å². The minimum Gasteiger partial charge on any atom is -0.491 e. The molecule has 0 bridgehead atoms. The number of ether oxygens (including phenoxy) is 1. The van der Waals surface area contributed by atoms with E-state index >= 15 is 0 Å². The summed E-state index contributed by atoms with van der Waals surface area (Å²) >= 11 is 0. The third-order valence-corrected chi connectivity index (χ3v) is 5.27. The summed E-state index contributed by atoms with van der Waals surface area (Å²) < 4.78 is 13.0. The number of anilines is 1. The number of amides is 2. The van der Waals surface area contributed by atoms with Gasteiger partial charge in [0.1, 0.15) is 11.3 Å². The number of nitrogens with zero attached hydrogens (tertiary/aromatic N) is 3. The quantitative estimate of drug-likeness (QED) is 0.715. The van der Waals surface area contributed by atoms with Crippen molar-refractivity contribution < 1.29 is 18.8 Å². The van der Waals surface area contributed by atoms with E-state index < -0.39 is 5.91 Å². The van der Waals surface area contributed by atoms with Crippen LogP contribution in [0.1, 0.15) is 51.4 Å². The number of aryl methyl sites for hydroxylation is 2. The van der Waals surface area contributed by atoms with E-state index in [1.165, 1.54) is 0 Å². The highest BCUT2D eigenvalue weighted by atomic mass is 16.5. The molecule has 2 amide bonds. The molecule has 3 N–H and O–H groups in total. The zero-order valence-electron chi connectivity index (χ0n) is 15.2. The van der Waals surface area contributed by atoms with E-state index in [1.807, 2.05) is 4.57 Å². The van der Waals surface area contributed by atoms with Gasteiger partial charge in [0, 0.05) is 17.7 Å². The van der Waals surface area contributed by atoms with Gasteiger partial charge in [-0.05, 0) is 44.2 Å². The third kappa shape index (κ3) is 2.62. The summed E-state index contributed by atoms with van der Waals surface area (Å²) in [5, 5.41) is 6.89. The molecule has 0 spiro atoms. The van der Waals surface area contributed by atoms with Crippen molar-refractivity contribution in [3.8, 4) is 5.75 Å². The molecule has 3 heterocycles. The summed E-state index contributed by atoms with van der Waals surface area (Å²) in [7, 11) is 0. The molecule has 0 saturated carbocycles. The molecule has 1 aromatic carbocycles. The van der Waals surface area contributed by atoms with Crippen LogP contribution in [-0.4, -0.2) is 33.1 Å². The highest BCUT2D eigenvalue weighted by Crippen LogP contribution is 2.33. The van der Waals surface area contributed by atoms with Crippen molar-refractivity contribution in [2.24, 2.45) is 5.73 Å². The lowest BCUT2D eigenvalue weighted by atomic mass is 9.96. The maximum atomic E-state index is 12.9. The van der Waals surface area contributed by atoms with Crippen molar-refractivity contribution in [3.63, 3.8) is 0 Å². The Bertz CT molecular complexity index is 1110. The molecule has 2 aliphatic rings. The van der Waals surface area contributed by atoms with Gasteiger partial charge in [-0.1, -0.05) is 5.16 Å². The number of primary amides is 1. The predicted molar refractivity (Wildman–Crippen MR) is 99.5 cm³/mol. The number of hydrogen-bond acceptors (Lipinski definition) is 6. The van der Waals surface area contributed by atoms with Crippen LogP contribution in [0.4, 0.5) is 5.95 Å². The van der Waals surface area contributed by atoms with Crippen molar-refractivity contribution in [3.05, 3.63) is 34.7 Å². The maximum Gasteiger partial charge on any atom is 0.296 e. The molecule has 0 saturated heterocycles. The van der Waals surface area contributed by atoms with E-state index in [2.05, 4.69) is 15.5 Å². The standard InChI is InChI=1S/C19H19N5O4/c20-17(25)10-8-13-15-14(9-10)27-7-3-6-24(15)19(21-13)22-18(26)16-11-4-1-2-5-12(11)23-28-16/h8-9H,1-7H2,(H2,20,25)(H,21,22,26). The zero-order chi connectivity index (χ0) is 19.3. The van der Waals surface area contributed by atoms with Crippen molar-refractivity contribution in [2.75, 3.05) is 11.9 Å². The molecule has 9 heteroatoms. The molecule has 9 nitrogen and oxygen atoms in total. The molecular weight excluding hydrogens is 362 g/mol. The van der Waals surface area contributed by atoms with Crippen molar-refractivity contribution in [1.29, 1.82) is 0 Å². The molecule has 3 aromatic rings. The number of rotatable bonds is 3. The summed E-state index contributed by atoms with van der Waals surface area (Å²) in [5.74, 6) is 0.240. The van der Waals surface area contributed by atoms with Gasteiger partial charge < -0.3 is 19.6 Å². The van der Waals surface area contributed by atoms with Gasteiger partial charge in [0.05, 0.1) is 17.8 Å². The Balaban J connectivity index is 1.55. The van der Waals surface area contributed by atoms with Gasteiger partial charge in [0.15, 0.2) is 0 Å². The summed E-state index contributed by atoms with van der Waals surface area (Å²) in [6.45, 7) is 1.13. The number of imidazole rings is 1. The zero-order valence-corrected chi connectivity index (χ0v) is 15.2. The molecular formula is C19H19N5O4. The lowest BCUT2D eigenvalue weighted by Gasteiger charge is -2.10. The fraction of sp³-hybridized carbons (Fsp3) is 0.368. The second-order valence-electron chi connectivity index (χ2n) is 7.09. The first kappa shape index (κ1) is 16.8. The van der Waals surface area contributed by atoms with Crippen LogP contribution in [0, 0.1) is 0 Å². The molecule has 5 rings (SSSR count). The third-order valence-electron chi connectivity index (χ3n) is 5.27. The first-order valence-electron chi connectivity index (χ1n) is 9.37. The fourth-order valence-corrected chi connectivity index (χ4v) is 3.93. The van der Waals surface area contributed by atoms with Crippen LogP contribution < -0.4 is 15.8 Å². The van der Waals surface area contributed by atoms with Gasteiger partial charge in [-0.25, -0.2) is 4.98 Å². The highest BCUT2D eigenvalue weighted by molar-refractivity contribution is 6.04. The first-order valence-corrected chi connectivity index (χ1v) is 9.37. The van der Waals surface area contributed by atoms with Gasteiger partial charge in [-0.3, -0.25) is 14.9 Å². The van der Waals surface area contributed by atoms with Gasteiger partial charge in [-0.2, -0.15) is 0 Å². The molecule has 1 aliphatic carbocycles. The van der Waals surface area contributed by atoms with Crippen LogP contribution in [0.15, 0.2) is 16.7 Å². The second-order valence-corrected chi connectivity index (χ2v) is 7.09. The maximum absolute atomic E-state index is 12.9. The van der Waals surface area contributed by atoms with Gasteiger partial charge >= 0.3 is 0 Å². The second kappa shape index (κ2) is 6.36. The molecule has 0 fully saturated rings. The normalized spacial score (nSPS) is 15.6. The number of hydrogen-bond donors (Lipinski definition) is 2. The molecule has 2 aromatic heterocycles. The largest absolute Gasteiger partial charge is 0.491 e. The number of nitrogens with one attached hydrogen (secondary N) is 1. The summed E-state index contributed by atoms with van der Waals surface area (Å²) in [6.07, 6.45) is 4.44. The molecule has 0 unspecified atom stereocenters. The van der Waals surface area contributed by atoms with E-state index in [9.17, 15) is 9.59 Å². The summed E-state index contributed by atoms with van der Waals surface area (Å²) in [6, 6.07) is 3.23. The lowest BCUT2D eigenvalue weighted by molar-refractivity contribution is 0.0982. The molecule has 0 atom stereocenters. The molecule has 28 heavy (non-hydrogen) atoms. The fourth-order valence-electron chi connectivity index (χ4n) is 3.93. The van der Waals surface area contributed by atoms with Crippen LogP contribution in [0.2, 0.25) is 0 Å². The Kier molecular flexibility index (Phi) is 3.81. The Hall–Kier alpha value is -3.36. The Labute approximate surface area is 159 Å². The van der Waals surface area contributed by atoms with Crippen molar-refractivity contribution in [2.45, 2.75) is 38.6 Å². The van der Waals surface area contributed by atoms with Gasteiger partial charge in [0.2, 0.25) is 17.6 Å². The number of nitrogens with two attached hydrogens (primary N) is 1. The van der Waals surface area contributed by atoms with Crippen molar-refractivity contribution >= 4 is 28.8 Å². The Morgan fingerprint density at radius 1 is 1.18 bits per heavy atom. The number of carbonyl (C=O) groups excluding carboxylic acids is 2. The van der Waals surface area contributed by atoms with Crippen LogP contribution >= 0.6 is 0 Å². The van der Waals surface area contributed by atoms with Crippen LogP contribution in [0.3, 0.4) is 0 Å². The topological polar surface area (TPSA) is 125 Å². The Morgan fingerprint density at radius 2 is 2.04 bits per heavy atom. The first-order chi connectivity index (χ1) is 13.6.